The second-order valence-electron chi connectivity index (χ2n) is 6.89. The summed E-state index contributed by atoms with van der Waals surface area (Å²) in [7, 11) is 0. The van der Waals surface area contributed by atoms with E-state index in [9.17, 15) is 4.79 Å². The van der Waals surface area contributed by atoms with Gasteiger partial charge < -0.3 is 9.80 Å². The first kappa shape index (κ1) is 16.1. The van der Waals surface area contributed by atoms with Crippen LogP contribution in [0.4, 0.5) is 5.82 Å². The third-order valence-electron chi connectivity index (χ3n) is 5.32. The van der Waals surface area contributed by atoms with Gasteiger partial charge in [-0.3, -0.25) is 14.5 Å². The van der Waals surface area contributed by atoms with Gasteiger partial charge in [0.1, 0.15) is 5.82 Å². The quantitative estimate of drug-likeness (QED) is 0.852. The lowest BCUT2D eigenvalue weighted by molar-refractivity contribution is -0.138. The van der Waals surface area contributed by atoms with Gasteiger partial charge in [0.25, 0.3) is 0 Å². The molecule has 0 unspecified atom stereocenters. The second kappa shape index (κ2) is 7.21. The van der Waals surface area contributed by atoms with Gasteiger partial charge in [-0.25, -0.2) is 4.98 Å². The van der Waals surface area contributed by atoms with Crippen molar-refractivity contribution >= 4 is 11.7 Å². The maximum absolute atomic E-state index is 13.0. The normalized spacial score (nSPS) is 22.2. The van der Waals surface area contributed by atoms with E-state index in [1.807, 2.05) is 23.1 Å². The summed E-state index contributed by atoms with van der Waals surface area (Å²) in [5.74, 6) is 1.35. The van der Waals surface area contributed by atoms with E-state index in [2.05, 4.69) is 24.9 Å². The molecule has 1 amide bonds. The molecule has 0 bridgehead atoms. The summed E-state index contributed by atoms with van der Waals surface area (Å²) >= 11 is 0. The van der Waals surface area contributed by atoms with Gasteiger partial charge in [0.05, 0.1) is 12.2 Å². The van der Waals surface area contributed by atoms with Crippen LogP contribution < -0.4 is 4.90 Å². The third kappa shape index (κ3) is 3.50. The van der Waals surface area contributed by atoms with Gasteiger partial charge in [0.15, 0.2) is 0 Å². The summed E-state index contributed by atoms with van der Waals surface area (Å²) in [6, 6.07) is 2.26. The zero-order valence-corrected chi connectivity index (χ0v) is 14.4. The number of amides is 1. The number of rotatable bonds is 3. The minimum Gasteiger partial charge on any atom is -0.355 e. The Morgan fingerprint density at radius 2 is 1.96 bits per heavy atom. The molecule has 0 radical (unpaired) electrons. The zero-order chi connectivity index (χ0) is 17.1. The SMILES string of the molecule is O=C(C1CCN(c2cnccn2)CC1)N1CCC[C@@H](n2cccn2)C1. The summed E-state index contributed by atoms with van der Waals surface area (Å²) in [5.41, 5.74) is 0. The van der Waals surface area contributed by atoms with Gasteiger partial charge in [0.2, 0.25) is 5.91 Å². The van der Waals surface area contributed by atoms with Crippen molar-refractivity contribution in [1.29, 1.82) is 0 Å². The van der Waals surface area contributed by atoms with Crippen LogP contribution in [0.5, 0.6) is 0 Å². The Morgan fingerprint density at radius 1 is 1.08 bits per heavy atom. The highest BCUT2D eigenvalue weighted by Crippen LogP contribution is 2.26. The molecule has 0 aliphatic carbocycles. The fraction of sp³-hybridized carbons (Fsp3) is 0.556. The summed E-state index contributed by atoms with van der Waals surface area (Å²) in [6.07, 6.45) is 12.9. The predicted octanol–water partition coefficient (Wildman–Crippen LogP) is 1.75. The molecule has 2 aliphatic heterocycles. The largest absolute Gasteiger partial charge is 0.355 e. The second-order valence-corrected chi connectivity index (χ2v) is 6.89. The maximum atomic E-state index is 13.0. The standard InChI is InChI=1S/C18H24N6O/c25-18(23-9-1-3-16(14-23)24-10-2-6-21-24)15-4-11-22(12-5-15)17-13-19-7-8-20-17/h2,6-8,10,13,15-16H,1,3-5,9,11-12,14H2/t16-/m1/s1. The van der Waals surface area contributed by atoms with Gasteiger partial charge >= 0.3 is 0 Å². The van der Waals surface area contributed by atoms with Crippen LogP contribution in [-0.2, 0) is 4.79 Å². The van der Waals surface area contributed by atoms with Crippen molar-refractivity contribution in [1.82, 2.24) is 24.6 Å². The van der Waals surface area contributed by atoms with Crippen LogP contribution in [0.15, 0.2) is 37.1 Å². The fourth-order valence-corrected chi connectivity index (χ4v) is 3.94. The summed E-state index contributed by atoms with van der Waals surface area (Å²) < 4.78 is 2.00. The first-order chi connectivity index (χ1) is 12.3. The van der Waals surface area contributed by atoms with Gasteiger partial charge in [-0.15, -0.1) is 0 Å². The van der Waals surface area contributed by atoms with E-state index in [0.29, 0.717) is 11.9 Å². The van der Waals surface area contributed by atoms with Crippen molar-refractivity contribution in [2.75, 3.05) is 31.1 Å². The van der Waals surface area contributed by atoms with E-state index < -0.39 is 0 Å². The molecule has 2 aromatic rings. The summed E-state index contributed by atoms with van der Waals surface area (Å²) in [4.78, 5) is 25.7. The molecule has 2 fully saturated rings. The van der Waals surface area contributed by atoms with Crippen LogP contribution in [0, 0.1) is 5.92 Å². The third-order valence-corrected chi connectivity index (χ3v) is 5.32. The van der Waals surface area contributed by atoms with E-state index in [1.54, 1.807) is 18.6 Å². The fourth-order valence-electron chi connectivity index (χ4n) is 3.94. The monoisotopic (exact) mass is 340 g/mol. The average molecular weight is 340 g/mol. The number of hydrogen-bond acceptors (Lipinski definition) is 5. The number of likely N-dealkylation sites (tertiary alicyclic amines) is 1. The van der Waals surface area contributed by atoms with Crippen LogP contribution in [0.3, 0.4) is 0 Å². The number of carbonyl (C=O) groups is 1. The molecule has 7 nitrogen and oxygen atoms in total. The van der Waals surface area contributed by atoms with Gasteiger partial charge in [-0.2, -0.15) is 5.10 Å². The highest BCUT2D eigenvalue weighted by molar-refractivity contribution is 5.79. The van der Waals surface area contributed by atoms with Crippen LogP contribution in [0.2, 0.25) is 0 Å². The number of anilines is 1. The van der Waals surface area contributed by atoms with E-state index in [0.717, 1.165) is 57.7 Å². The maximum Gasteiger partial charge on any atom is 0.225 e. The molecular weight excluding hydrogens is 316 g/mol. The molecule has 132 valence electrons. The number of aromatic nitrogens is 4. The first-order valence-corrected chi connectivity index (χ1v) is 9.10. The molecule has 0 spiro atoms. The lowest BCUT2D eigenvalue weighted by atomic mass is 9.94. The summed E-state index contributed by atoms with van der Waals surface area (Å²) in [6.45, 7) is 3.39. The molecule has 4 rings (SSSR count). The lowest BCUT2D eigenvalue weighted by Crippen LogP contribution is -2.46. The van der Waals surface area contributed by atoms with E-state index in [4.69, 9.17) is 0 Å². The minimum absolute atomic E-state index is 0.129. The Morgan fingerprint density at radius 3 is 2.68 bits per heavy atom. The molecular formula is C18H24N6O. The molecule has 2 aromatic heterocycles. The molecule has 0 saturated carbocycles. The minimum atomic E-state index is 0.129. The van der Waals surface area contributed by atoms with Crippen LogP contribution in [-0.4, -0.2) is 56.7 Å². The Kier molecular flexibility index (Phi) is 4.63. The predicted molar refractivity (Wildman–Crippen MR) is 94.0 cm³/mol. The Labute approximate surface area is 147 Å². The number of carbonyl (C=O) groups excluding carboxylic acids is 1. The highest BCUT2D eigenvalue weighted by Gasteiger charge is 2.32. The van der Waals surface area contributed by atoms with Crippen molar-refractivity contribution < 1.29 is 4.79 Å². The number of hydrogen-bond donors (Lipinski definition) is 0. The Hall–Kier alpha value is -2.44. The topological polar surface area (TPSA) is 67.2 Å². The summed E-state index contributed by atoms with van der Waals surface area (Å²) in [5, 5.41) is 4.35. The average Bonchev–Trinajstić information content (AvgIpc) is 3.23. The van der Waals surface area contributed by atoms with E-state index in [1.165, 1.54) is 0 Å². The molecule has 2 saturated heterocycles. The Balaban J connectivity index is 1.34. The van der Waals surface area contributed by atoms with Crippen molar-refractivity contribution in [2.45, 2.75) is 31.7 Å². The van der Waals surface area contributed by atoms with Crippen LogP contribution in [0.25, 0.3) is 0 Å². The molecule has 4 heterocycles. The number of piperidine rings is 2. The molecule has 25 heavy (non-hydrogen) atoms. The molecule has 0 aromatic carbocycles. The van der Waals surface area contributed by atoms with E-state index in [-0.39, 0.29) is 5.92 Å². The molecule has 7 heteroatoms. The van der Waals surface area contributed by atoms with Gasteiger partial charge in [-0.1, -0.05) is 0 Å². The van der Waals surface area contributed by atoms with Crippen molar-refractivity contribution in [3.05, 3.63) is 37.1 Å². The van der Waals surface area contributed by atoms with Crippen molar-refractivity contribution in [3.63, 3.8) is 0 Å². The molecule has 1 atom stereocenters. The van der Waals surface area contributed by atoms with Gasteiger partial charge in [-0.05, 0) is 31.7 Å². The van der Waals surface area contributed by atoms with Gasteiger partial charge in [0, 0.05) is 56.9 Å². The van der Waals surface area contributed by atoms with Crippen molar-refractivity contribution in [3.8, 4) is 0 Å². The highest BCUT2D eigenvalue weighted by atomic mass is 16.2. The van der Waals surface area contributed by atoms with Crippen molar-refractivity contribution in [2.24, 2.45) is 5.92 Å². The first-order valence-electron chi connectivity index (χ1n) is 9.10. The van der Waals surface area contributed by atoms with Crippen LogP contribution >= 0.6 is 0 Å². The number of nitrogens with zero attached hydrogens (tertiary/aromatic N) is 6. The lowest BCUT2D eigenvalue weighted by Gasteiger charge is -2.38. The molecule has 2 aliphatic rings. The Bertz CT molecular complexity index is 681. The molecule has 0 N–H and O–H groups in total. The zero-order valence-electron chi connectivity index (χ0n) is 14.4. The van der Waals surface area contributed by atoms with E-state index >= 15 is 0 Å². The van der Waals surface area contributed by atoms with Crippen LogP contribution in [0.1, 0.15) is 31.7 Å². The smallest absolute Gasteiger partial charge is 0.225 e.